The molecule has 5 nitrogen and oxygen atoms in total. The monoisotopic (exact) mass is 414 g/mol. The van der Waals surface area contributed by atoms with Crippen molar-refractivity contribution in [3.8, 4) is 17.6 Å². The van der Waals surface area contributed by atoms with Crippen LogP contribution in [0.15, 0.2) is 78.9 Å². The second kappa shape index (κ2) is 10.3. The van der Waals surface area contributed by atoms with E-state index in [1.807, 2.05) is 67.6 Å². The molecule has 5 heteroatoms. The van der Waals surface area contributed by atoms with Crippen molar-refractivity contribution < 1.29 is 14.3 Å². The summed E-state index contributed by atoms with van der Waals surface area (Å²) in [7, 11) is 1.53. The van der Waals surface area contributed by atoms with Gasteiger partial charge in [0.15, 0.2) is 11.5 Å². The molecule has 0 bridgehead atoms. The molecule has 0 aromatic heterocycles. The molecule has 0 spiro atoms. The van der Waals surface area contributed by atoms with Crippen LogP contribution in [0.3, 0.4) is 0 Å². The molecule has 31 heavy (non-hydrogen) atoms. The van der Waals surface area contributed by atoms with Crippen molar-refractivity contribution in [3.05, 3.63) is 95.6 Å². The molecule has 0 heterocycles. The number of carbonyl (C=O) groups excluding carboxylic acids is 1. The fourth-order valence-electron chi connectivity index (χ4n) is 3.47. The predicted molar refractivity (Wildman–Crippen MR) is 120 cm³/mol. The Kier molecular flexibility index (Phi) is 7.29. The molecule has 0 fully saturated rings. The van der Waals surface area contributed by atoms with Crippen molar-refractivity contribution in [1.29, 1.82) is 5.26 Å². The first-order valence-corrected chi connectivity index (χ1v) is 10.2. The van der Waals surface area contributed by atoms with Crippen LogP contribution in [0.4, 0.5) is 0 Å². The number of ether oxygens (including phenoxy) is 2. The van der Waals surface area contributed by atoms with Crippen LogP contribution in [0.1, 0.15) is 36.5 Å². The van der Waals surface area contributed by atoms with E-state index in [9.17, 15) is 4.79 Å². The highest BCUT2D eigenvalue weighted by molar-refractivity contribution is 5.77. The second-order valence-corrected chi connectivity index (χ2v) is 7.33. The summed E-state index contributed by atoms with van der Waals surface area (Å²) in [4.78, 5) is 12.8. The van der Waals surface area contributed by atoms with E-state index < -0.39 is 5.54 Å². The molecule has 0 radical (unpaired) electrons. The quantitative estimate of drug-likeness (QED) is 0.510. The van der Waals surface area contributed by atoms with E-state index in [1.54, 1.807) is 18.2 Å². The van der Waals surface area contributed by atoms with Gasteiger partial charge in [-0.3, -0.25) is 4.79 Å². The van der Waals surface area contributed by atoms with E-state index in [1.165, 1.54) is 7.11 Å². The zero-order valence-corrected chi connectivity index (χ0v) is 17.8. The molecular formula is C26H26N2O3. The fraction of sp³-hybridized carbons (Fsp3) is 0.231. The second-order valence-electron chi connectivity index (χ2n) is 7.33. The summed E-state index contributed by atoms with van der Waals surface area (Å²) in [5.41, 5.74) is 1.92. The van der Waals surface area contributed by atoms with Gasteiger partial charge >= 0.3 is 0 Å². The minimum Gasteiger partial charge on any atom is -0.493 e. The van der Waals surface area contributed by atoms with E-state index in [4.69, 9.17) is 14.7 Å². The van der Waals surface area contributed by atoms with Crippen molar-refractivity contribution in [1.82, 2.24) is 5.32 Å². The summed E-state index contributed by atoms with van der Waals surface area (Å²) < 4.78 is 11.0. The predicted octanol–water partition coefficient (Wildman–Crippen LogP) is 4.81. The Morgan fingerprint density at radius 3 is 2.13 bits per heavy atom. The van der Waals surface area contributed by atoms with E-state index >= 15 is 0 Å². The fourth-order valence-corrected chi connectivity index (χ4v) is 3.47. The molecule has 0 saturated carbocycles. The number of methoxy groups -OCH3 is 1. The zero-order chi connectivity index (χ0) is 22.1. The van der Waals surface area contributed by atoms with Crippen LogP contribution < -0.4 is 14.8 Å². The lowest BCUT2D eigenvalue weighted by Gasteiger charge is -2.32. The molecule has 0 aliphatic heterocycles. The Morgan fingerprint density at radius 2 is 1.58 bits per heavy atom. The van der Waals surface area contributed by atoms with Gasteiger partial charge in [-0.1, -0.05) is 60.7 Å². The first-order chi connectivity index (χ1) is 15.1. The number of rotatable bonds is 9. The lowest BCUT2D eigenvalue weighted by molar-refractivity contribution is -0.122. The molecule has 3 aromatic carbocycles. The van der Waals surface area contributed by atoms with E-state index in [2.05, 4.69) is 11.4 Å². The third kappa shape index (κ3) is 5.43. The number of hydrogen-bond donors (Lipinski definition) is 1. The number of nitrogens with zero attached hydrogens (tertiary/aromatic N) is 1. The minimum atomic E-state index is -0.628. The standard InChI is InChI=1S/C26H26N2O3/c1-26(21-10-5-3-6-11-21,22-12-7-4-8-13-22)28-25(29)14-9-17-31-23-16-15-20(19-27)18-24(23)30-2/h3-8,10-13,15-16,18H,9,14,17H2,1-2H3,(H,28,29). The molecule has 1 N–H and O–H groups in total. The summed E-state index contributed by atoms with van der Waals surface area (Å²) in [6.45, 7) is 2.39. The van der Waals surface area contributed by atoms with Gasteiger partial charge in [0.2, 0.25) is 5.91 Å². The summed E-state index contributed by atoms with van der Waals surface area (Å²) in [5, 5.41) is 12.2. The summed E-state index contributed by atoms with van der Waals surface area (Å²) >= 11 is 0. The van der Waals surface area contributed by atoms with Crippen molar-refractivity contribution in [2.45, 2.75) is 25.3 Å². The molecular weight excluding hydrogens is 388 g/mol. The van der Waals surface area contributed by atoms with Crippen LogP contribution in [0, 0.1) is 11.3 Å². The van der Waals surface area contributed by atoms with Gasteiger partial charge < -0.3 is 14.8 Å². The molecule has 0 saturated heterocycles. The van der Waals surface area contributed by atoms with Crippen molar-refractivity contribution >= 4 is 5.91 Å². The Hall–Kier alpha value is -3.78. The van der Waals surface area contributed by atoms with Gasteiger partial charge in [0.25, 0.3) is 0 Å². The first-order valence-electron chi connectivity index (χ1n) is 10.2. The molecule has 3 aromatic rings. The van der Waals surface area contributed by atoms with Crippen molar-refractivity contribution in [3.63, 3.8) is 0 Å². The highest BCUT2D eigenvalue weighted by Crippen LogP contribution is 2.30. The molecule has 158 valence electrons. The summed E-state index contributed by atoms with van der Waals surface area (Å²) in [6, 6.07) is 27.0. The third-order valence-corrected chi connectivity index (χ3v) is 5.19. The maximum atomic E-state index is 12.8. The highest BCUT2D eigenvalue weighted by Gasteiger charge is 2.30. The molecule has 0 aliphatic rings. The maximum absolute atomic E-state index is 12.8. The Balaban J connectivity index is 1.62. The van der Waals surface area contributed by atoms with Gasteiger partial charge in [0.05, 0.1) is 30.9 Å². The SMILES string of the molecule is COc1cc(C#N)ccc1OCCCC(=O)NC(C)(c1ccccc1)c1ccccc1. The Bertz CT molecular complexity index is 1000. The van der Waals surface area contributed by atoms with Crippen LogP contribution in [0.25, 0.3) is 0 Å². The molecule has 1 amide bonds. The average molecular weight is 415 g/mol. The number of benzene rings is 3. The lowest BCUT2D eigenvalue weighted by Crippen LogP contribution is -2.44. The topological polar surface area (TPSA) is 71.3 Å². The Labute approximate surface area is 183 Å². The largest absolute Gasteiger partial charge is 0.493 e. The number of nitrogens with one attached hydrogen (secondary N) is 1. The summed E-state index contributed by atoms with van der Waals surface area (Å²) in [5.74, 6) is 1.01. The van der Waals surface area contributed by atoms with Crippen molar-refractivity contribution in [2.24, 2.45) is 0 Å². The normalized spacial score (nSPS) is 10.7. The lowest BCUT2D eigenvalue weighted by atomic mass is 9.84. The van der Waals surface area contributed by atoms with E-state index in [0.717, 1.165) is 11.1 Å². The molecule has 3 rings (SSSR count). The highest BCUT2D eigenvalue weighted by atomic mass is 16.5. The van der Waals surface area contributed by atoms with Crippen molar-refractivity contribution in [2.75, 3.05) is 13.7 Å². The van der Waals surface area contributed by atoms with Crippen LogP contribution in [-0.4, -0.2) is 19.6 Å². The maximum Gasteiger partial charge on any atom is 0.221 e. The van der Waals surface area contributed by atoms with Crippen LogP contribution in [0.2, 0.25) is 0 Å². The van der Waals surface area contributed by atoms with Crippen LogP contribution in [0.5, 0.6) is 11.5 Å². The van der Waals surface area contributed by atoms with Gasteiger partial charge in [-0.15, -0.1) is 0 Å². The first kappa shape index (κ1) is 21.9. The minimum absolute atomic E-state index is 0.0504. The smallest absolute Gasteiger partial charge is 0.221 e. The number of amides is 1. The Morgan fingerprint density at radius 1 is 0.968 bits per heavy atom. The van der Waals surface area contributed by atoms with Gasteiger partial charge in [0.1, 0.15) is 0 Å². The van der Waals surface area contributed by atoms with Crippen LogP contribution >= 0.6 is 0 Å². The number of nitriles is 1. The molecule has 0 unspecified atom stereocenters. The van der Waals surface area contributed by atoms with E-state index in [-0.39, 0.29) is 5.91 Å². The molecule has 0 aliphatic carbocycles. The average Bonchev–Trinajstić information content (AvgIpc) is 2.82. The number of hydrogen-bond acceptors (Lipinski definition) is 4. The van der Waals surface area contributed by atoms with Gasteiger partial charge in [-0.05, 0) is 36.6 Å². The summed E-state index contributed by atoms with van der Waals surface area (Å²) in [6.07, 6.45) is 0.877. The van der Waals surface area contributed by atoms with E-state index in [0.29, 0.717) is 36.5 Å². The number of carbonyl (C=O) groups is 1. The van der Waals surface area contributed by atoms with Crippen LogP contribution in [-0.2, 0) is 10.3 Å². The van der Waals surface area contributed by atoms with Gasteiger partial charge in [-0.25, -0.2) is 0 Å². The van der Waals surface area contributed by atoms with Gasteiger partial charge in [0, 0.05) is 12.5 Å². The van der Waals surface area contributed by atoms with Gasteiger partial charge in [-0.2, -0.15) is 5.26 Å². The third-order valence-electron chi connectivity index (χ3n) is 5.19. The zero-order valence-electron chi connectivity index (χ0n) is 17.8. The molecule has 0 atom stereocenters.